The van der Waals surface area contributed by atoms with Crippen molar-refractivity contribution < 1.29 is 0 Å². The molecule has 0 aromatic heterocycles. The van der Waals surface area contributed by atoms with E-state index in [1.54, 1.807) is 0 Å². The van der Waals surface area contributed by atoms with Gasteiger partial charge < -0.3 is 4.90 Å². The zero-order valence-electron chi connectivity index (χ0n) is 11.2. The van der Waals surface area contributed by atoms with E-state index >= 15 is 0 Å². The maximum absolute atomic E-state index is 6.27. The van der Waals surface area contributed by atoms with Crippen molar-refractivity contribution in [1.82, 2.24) is 0 Å². The highest BCUT2D eigenvalue weighted by molar-refractivity contribution is 6.31. The number of nitrogens with zero attached hydrogens (tertiary/aromatic N) is 1. The van der Waals surface area contributed by atoms with Gasteiger partial charge in [0.05, 0.1) is 0 Å². The topological polar surface area (TPSA) is 3.24 Å². The molecule has 1 aliphatic rings. The summed E-state index contributed by atoms with van der Waals surface area (Å²) in [5, 5.41) is 0.863. The Hall–Kier alpha value is -1.47. The monoisotopic (exact) mass is 271 g/mol. The van der Waals surface area contributed by atoms with Crippen molar-refractivity contribution in [2.75, 3.05) is 11.4 Å². The molecule has 0 amide bonds. The quantitative estimate of drug-likeness (QED) is 0.771. The van der Waals surface area contributed by atoms with Crippen molar-refractivity contribution in [3.63, 3.8) is 0 Å². The van der Waals surface area contributed by atoms with Crippen LogP contribution in [0.4, 0.5) is 5.69 Å². The average molecular weight is 272 g/mol. The molecule has 98 valence electrons. The first kappa shape index (κ1) is 12.6. The van der Waals surface area contributed by atoms with Gasteiger partial charge in [-0.15, -0.1) is 0 Å². The van der Waals surface area contributed by atoms with E-state index in [-0.39, 0.29) is 0 Å². The van der Waals surface area contributed by atoms with Crippen LogP contribution >= 0.6 is 11.6 Å². The van der Waals surface area contributed by atoms with Gasteiger partial charge in [0.25, 0.3) is 0 Å². The first-order chi connectivity index (χ1) is 9.24. The van der Waals surface area contributed by atoms with Gasteiger partial charge in [0, 0.05) is 23.8 Å². The highest BCUT2D eigenvalue weighted by Crippen LogP contribution is 2.30. The first-order valence-electron chi connectivity index (χ1n) is 6.82. The summed E-state index contributed by atoms with van der Waals surface area (Å²) in [7, 11) is 0. The maximum atomic E-state index is 6.27. The highest BCUT2D eigenvalue weighted by atomic mass is 35.5. The van der Waals surface area contributed by atoms with Gasteiger partial charge in [-0.25, -0.2) is 0 Å². The lowest BCUT2D eigenvalue weighted by Gasteiger charge is -2.32. The van der Waals surface area contributed by atoms with Gasteiger partial charge >= 0.3 is 0 Å². The molecule has 2 aromatic rings. The van der Waals surface area contributed by atoms with Crippen molar-refractivity contribution in [2.45, 2.75) is 26.3 Å². The summed E-state index contributed by atoms with van der Waals surface area (Å²) >= 11 is 6.27. The van der Waals surface area contributed by atoms with Crippen LogP contribution in [-0.4, -0.2) is 6.54 Å². The second-order valence-electron chi connectivity index (χ2n) is 5.25. The van der Waals surface area contributed by atoms with Crippen molar-refractivity contribution in [3.05, 3.63) is 64.2 Å². The lowest BCUT2D eigenvalue weighted by molar-refractivity contribution is 0.691. The second kappa shape index (κ2) is 5.26. The highest BCUT2D eigenvalue weighted by Gasteiger charge is 2.17. The molecule has 0 aliphatic carbocycles. The van der Waals surface area contributed by atoms with E-state index in [1.807, 2.05) is 12.1 Å². The van der Waals surface area contributed by atoms with Crippen LogP contribution in [-0.2, 0) is 13.0 Å². The molecule has 0 radical (unpaired) electrons. The van der Waals surface area contributed by atoms with Gasteiger partial charge in [-0.05, 0) is 43.0 Å². The second-order valence-corrected chi connectivity index (χ2v) is 5.66. The van der Waals surface area contributed by atoms with Crippen LogP contribution in [0.15, 0.2) is 42.5 Å². The van der Waals surface area contributed by atoms with E-state index in [2.05, 4.69) is 42.2 Å². The van der Waals surface area contributed by atoms with Crippen LogP contribution in [0.3, 0.4) is 0 Å². The minimum atomic E-state index is 0.863. The molecule has 19 heavy (non-hydrogen) atoms. The minimum Gasteiger partial charge on any atom is -0.367 e. The maximum Gasteiger partial charge on any atom is 0.0455 e. The fraction of sp³-hybridized carbons (Fsp3) is 0.294. The Balaban J connectivity index is 1.90. The molecule has 0 fully saturated rings. The third-order valence-electron chi connectivity index (χ3n) is 3.77. The summed E-state index contributed by atoms with van der Waals surface area (Å²) in [6.07, 6.45) is 2.41. The molecular weight excluding hydrogens is 254 g/mol. The third-order valence-corrected chi connectivity index (χ3v) is 4.14. The van der Waals surface area contributed by atoms with Crippen molar-refractivity contribution >= 4 is 17.3 Å². The van der Waals surface area contributed by atoms with Crippen LogP contribution < -0.4 is 4.90 Å². The Morgan fingerprint density at radius 2 is 2.00 bits per heavy atom. The van der Waals surface area contributed by atoms with Crippen molar-refractivity contribution in [3.8, 4) is 0 Å². The summed E-state index contributed by atoms with van der Waals surface area (Å²) in [5.41, 5.74) is 5.39. The van der Waals surface area contributed by atoms with Gasteiger partial charge in [-0.1, -0.05) is 47.5 Å². The molecule has 1 aliphatic heterocycles. The molecule has 2 aromatic carbocycles. The summed E-state index contributed by atoms with van der Waals surface area (Å²) in [6.45, 7) is 4.17. The predicted molar refractivity (Wildman–Crippen MR) is 82.0 cm³/mol. The molecule has 0 saturated carbocycles. The molecule has 0 N–H and O–H groups in total. The zero-order valence-corrected chi connectivity index (χ0v) is 12.0. The van der Waals surface area contributed by atoms with E-state index in [1.165, 1.54) is 35.2 Å². The van der Waals surface area contributed by atoms with Crippen molar-refractivity contribution in [2.24, 2.45) is 0 Å². The van der Waals surface area contributed by atoms with Crippen LogP contribution in [0.1, 0.15) is 23.1 Å². The largest absolute Gasteiger partial charge is 0.367 e. The number of fused-ring (bicyclic) bond motifs is 1. The molecule has 1 heterocycles. The molecule has 2 heteroatoms. The fourth-order valence-corrected chi connectivity index (χ4v) is 3.00. The summed E-state index contributed by atoms with van der Waals surface area (Å²) in [4.78, 5) is 2.44. The van der Waals surface area contributed by atoms with E-state index in [0.29, 0.717) is 0 Å². The van der Waals surface area contributed by atoms with Crippen LogP contribution in [0.25, 0.3) is 0 Å². The zero-order chi connectivity index (χ0) is 13.2. The van der Waals surface area contributed by atoms with E-state index in [4.69, 9.17) is 11.6 Å². The Kier molecular flexibility index (Phi) is 3.48. The SMILES string of the molecule is Cc1ccc2c(c1)CCCN2Cc1ccccc1Cl. The normalized spacial score (nSPS) is 14.3. The van der Waals surface area contributed by atoms with Gasteiger partial charge in [-0.2, -0.15) is 0 Å². The predicted octanol–water partition coefficient (Wildman–Crippen LogP) is 4.60. The number of anilines is 1. The van der Waals surface area contributed by atoms with Crippen LogP contribution in [0, 0.1) is 6.92 Å². The molecule has 0 saturated heterocycles. The number of rotatable bonds is 2. The average Bonchev–Trinajstić information content (AvgIpc) is 2.41. The number of aryl methyl sites for hydroxylation is 2. The van der Waals surface area contributed by atoms with Crippen LogP contribution in [0.5, 0.6) is 0 Å². The van der Waals surface area contributed by atoms with E-state index in [9.17, 15) is 0 Å². The molecule has 1 nitrogen and oxygen atoms in total. The summed E-state index contributed by atoms with van der Waals surface area (Å²) < 4.78 is 0. The van der Waals surface area contributed by atoms with E-state index < -0.39 is 0 Å². The molecule has 0 atom stereocenters. The van der Waals surface area contributed by atoms with Gasteiger partial charge in [0.1, 0.15) is 0 Å². The smallest absolute Gasteiger partial charge is 0.0455 e. The number of hydrogen-bond acceptors (Lipinski definition) is 1. The molecular formula is C17H18ClN. The summed E-state index contributed by atoms with van der Waals surface area (Å²) in [6, 6.07) is 14.9. The minimum absolute atomic E-state index is 0.863. The lowest BCUT2D eigenvalue weighted by Crippen LogP contribution is -2.28. The van der Waals surface area contributed by atoms with Crippen LogP contribution in [0.2, 0.25) is 5.02 Å². The van der Waals surface area contributed by atoms with Gasteiger partial charge in [0.2, 0.25) is 0 Å². The first-order valence-corrected chi connectivity index (χ1v) is 7.20. The Labute approximate surface area is 119 Å². The summed E-state index contributed by atoms with van der Waals surface area (Å²) in [5.74, 6) is 0. The molecule has 3 rings (SSSR count). The number of benzene rings is 2. The Morgan fingerprint density at radius 1 is 1.16 bits per heavy atom. The number of hydrogen-bond donors (Lipinski definition) is 0. The van der Waals surface area contributed by atoms with Crippen molar-refractivity contribution in [1.29, 1.82) is 0 Å². The molecule has 0 spiro atoms. The van der Waals surface area contributed by atoms with E-state index in [0.717, 1.165) is 18.1 Å². The fourth-order valence-electron chi connectivity index (χ4n) is 2.80. The third kappa shape index (κ3) is 2.62. The Morgan fingerprint density at radius 3 is 2.84 bits per heavy atom. The van der Waals surface area contributed by atoms with Gasteiger partial charge in [-0.3, -0.25) is 0 Å². The standard InChI is InChI=1S/C17H18ClN/c1-13-8-9-17-14(11-13)6-4-10-19(17)12-15-5-2-3-7-16(15)18/h2-3,5,7-9,11H,4,6,10,12H2,1H3. The number of halogens is 1. The van der Waals surface area contributed by atoms with Gasteiger partial charge in [0.15, 0.2) is 0 Å². The Bertz CT molecular complexity index is 592. The molecule has 0 unspecified atom stereocenters. The molecule has 0 bridgehead atoms. The lowest BCUT2D eigenvalue weighted by atomic mass is 9.99.